The summed E-state index contributed by atoms with van der Waals surface area (Å²) in [5.41, 5.74) is 6.95. The number of fused-ring (bicyclic) bond motifs is 2. The van der Waals surface area contributed by atoms with Crippen molar-refractivity contribution < 1.29 is 4.74 Å². The molecular weight excluding hydrogens is 464 g/mol. The predicted octanol–water partition coefficient (Wildman–Crippen LogP) is 4.76. The van der Waals surface area contributed by atoms with Crippen molar-refractivity contribution in [3.63, 3.8) is 0 Å². The van der Waals surface area contributed by atoms with Crippen LogP contribution >= 0.6 is 0 Å². The molecule has 1 saturated heterocycles. The molecule has 0 aromatic carbocycles. The van der Waals surface area contributed by atoms with Gasteiger partial charge in [0.25, 0.3) is 0 Å². The molecule has 7 rings (SSSR count). The van der Waals surface area contributed by atoms with Crippen molar-refractivity contribution >= 4 is 22.1 Å². The lowest BCUT2D eigenvalue weighted by Crippen LogP contribution is -2.34. The Bertz CT molecular complexity index is 1700. The van der Waals surface area contributed by atoms with Gasteiger partial charge in [-0.1, -0.05) is 6.07 Å². The summed E-state index contributed by atoms with van der Waals surface area (Å²) in [7, 11) is 0. The van der Waals surface area contributed by atoms with Gasteiger partial charge in [0, 0.05) is 52.3 Å². The Morgan fingerprint density at radius 3 is 2.62 bits per heavy atom. The van der Waals surface area contributed by atoms with E-state index in [-0.39, 0.29) is 6.10 Å². The van der Waals surface area contributed by atoms with Gasteiger partial charge in [-0.15, -0.1) is 0 Å². The molecule has 9 heteroatoms. The maximum Gasteiger partial charge on any atom is 0.155 e. The normalized spacial score (nSPS) is 14.4. The topological polar surface area (TPSA) is 117 Å². The minimum absolute atomic E-state index is 0.214. The van der Waals surface area contributed by atoms with E-state index in [9.17, 15) is 0 Å². The molecule has 0 saturated carbocycles. The molecular formula is C28H24N8O. The summed E-state index contributed by atoms with van der Waals surface area (Å²) in [6, 6.07) is 14.1. The number of aromatic amines is 2. The minimum Gasteiger partial charge on any atom is -0.489 e. The van der Waals surface area contributed by atoms with Gasteiger partial charge in [0.1, 0.15) is 23.2 Å². The standard InChI is InChI=1S/C28H24N8O/c1-2-7-31-24(3-1)21-6-10-32-27-22(21)13-25(34-27)26-23-12-18(15-33-28(23)36-35-26)17-11-20(16-30-14-17)37-19-4-8-29-9-5-19/h1-3,6-7,10-16,19,29H,4-5,8-9H2,(H,32,34)(H,33,35,36). The van der Waals surface area contributed by atoms with E-state index in [1.807, 2.05) is 42.7 Å². The zero-order valence-electron chi connectivity index (χ0n) is 20.0. The quantitative estimate of drug-likeness (QED) is 0.320. The molecule has 0 bridgehead atoms. The molecule has 1 aliphatic heterocycles. The highest BCUT2D eigenvalue weighted by Gasteiger charge is 2.17. The van der Waals surface area contributed by atoms with Crippen molar-refractivity contribution in [1.82, 2.24) is 40.4 Å². The third-order valence-corrected chi connectivity index (χ3v) is 6.78. The number of rotatable bonds is 5. The number of nitrogens with one attached hydrogen (secondary N) is 3. The largest absolute Gasteiger partial charge is 0.489 e. The number of aromatic nitrogens is 7. The van der Waals surface area contributed by atoms with Crippen molar-refractivity contribution in [1.29, 1.82) is 0 Å². The van der Waals surface area contributed by atoms with Crippen LogP contribution < -0.4 is 10.1 Å². The molecule has 0 amide bonds. The van der Waals surface area contributed by atoms with E-state index in [0.29, 0.717) is 5.65 Å². The van der Waals surface area contributed by atoms with Crippen LogP contribution in [-0.2, 0) is 0 Å². The van der Waals surface area contributed by atoms with E-state index in [4.69, 9.17) is 4.74 Å². The van der Waals surface area contributed by atoms with Gasteiger partial charge in [0.2, 0.25) is 0 Å². The average molecular weight is 489 g/mol. The summed E-state index contributed by atoms with van der Waals surface area (Å²) in [5, 5.41) is 12.9. The lowest BCUT2D eigenvalue weighted by Gasteiger charge is -2.23. The number of H-pyrrole nitrogens is 2. The Hall–Kier alpha value is -4.63. The summed E-state index contributed by atoms with van der Waals surface area (Å²) in [6.07, 6.45) is 11.2. The Labute approximate surface area is 212 Å². The Morgan fingerprint density at radius 2 is 1.73 bits per heavy atom. The van der Waals surface area contributed by atoms with Crippen LogP contribution in [0.1, 0.15) is 12.8 Å². The lowest BCUT2D eigenvalue weighted by atomic mass is 10.1. The lowest BCUT2D eigenvalue weighted by molar-refractivity contribution is 0.162. The number of hydrogen-bond acceptors (Lipinski definition) is 7. The molecule has 0 radical (unpaired) electrons. The SMILES string of the molecule is c1ccc(-c2ccnc3[nH]c(-c4n[nH]c5ncc(-c6cncc(OC7CCNCC7)c6)cc45)cc23)nc1. The van der Waals surface area contributed by atoms with Crippen LogP contribution in [0.15, 0.2) is 73.4 Å². The van der Waals surface area contributed by atoms with E-state index >= 15 is 0 Å². The molecule has 6 aromatic rings. The molecule has 182 valence electrons. The maximum absolute atomic E-state index is 6.21. The fourth-order valence-electron chi connectivity index (χ4n) is 4.91. The third-order valence-electron chi connectivity index (χ3n) is 6.78. The maximum atomic E-state index is 6.21. The molecule has 0 atom stereocenters. The fraction of sp³-hybridized carbons (Fsp3) is 0.179. The zero-order valence-corrected chi connectivity index (χ0v) is 20.0. The Kier molecular flexibility index (Phi) is 5.32. The molecule has 37 heavy (non-hydrogen) atoms. The van der Waals surface area contributed by atoms with Crippen molar-refractivity contribution in [2.45, 2.75) is 18.9 Å². The highest BCUT2D eigenvalue weighted by Crippen LogP contribution is 2.34. The summed E-state index contributed by atoms with van der Waals surface area (Å²) in [6.45, 7) is 1.96. The van der Waals surface area contributed by atoms with Crippen LogP contribution in [0.2, 0.25) is 0 Å². The first kappa shape index (κ1) is 21.6. The van der Waals surface area contributed by atoms with Crippen molar-refractivity contribution in [3.05, 3.63) is 73.4 Å². The van der Waals surface area contributed by atoms with E-state index in [1.54, 1.807) is 18.6 Å². The first-order valence-corrected chi connectivity index (χ1v) is 12.4. The van der Waals surface area contributed by atoms with Gasteiger partial charge in [-0.25, -0.2) is 9.97 Å². The summed E-state index contributed by atoms with van der Waals surface area (Å²) < 4.78 is 6.21. The molecule has 7 heterocycles. The Balaban J connectivity index is 1.26. The van der Waals surface area contributed by atoms with Gasteiger partial charge >= 0.3 is 0 Å². The monoisotopic (exact) mass is 488 g/mol. The molecule has 3 N–H and O–H groups in total. The van der Waals surface area contributed by atoms with Gasteiger partial charge < -0.3 is 15.0 Å². The zero-order chi connectivity index (χ0) is 24.6. The predicted molar refractivity (Wildman–Crippen MR) is 142 cm³/mol. The van der Waals surface area contributed by atoms with Gasteiger partial charge in [0.15, 0.2) is 5.65 Å². The number of hydrogen-bond donors (Lipinski definition) is 3. The second-order valence-corrected chi connectivity index (χ2v) is 9.19. The van der Waals surface area contributed by atoms with Crippen LogP contribution in [-0.4, -0.2) is 54.3 Å². The number of nitrogens with zero attached hydrogens (tertiary/aromatic N) is 5. The van der Waals surface area contributed by atoms with Gasteiger partial charge in [-0.05, 0) is 62.3 Å². The van der Waals surface area contributed by atoms with Gasteiger partial charge in [0.05, 0.1) is 17.6 Å². The van der Waals surface area contributed by atoms with Crippen molar-refractivity contribution in [2.24, 2.45) is 0 Å². The number of pyridine rings is 4. The average Bonchev–Trinajstić information content (AvgIpc) is 3.58. The third kappa shape index (κ3) is 4.09. The van der Waals surface area contributed by atoms with E-state index in [2.05, 4.69) is 52.6 Å². The molecule has 1 aliphatic rings. The second-order valence-electron chi connectivity index (χ2n) is 9.19. The highest BCUT2D eigenvalue weighted by atomic mass is 16.5. The smallest absolute Gasteiger partial charge is 0.155 e. The van der Waals surface area contributed by atoms with Crippen LogP contribution in [0.3, 0.4) is 0 Å². The second kappa shape index (κ2) is 9.11. The minimum atomic E-state index is 0.214. The number of ether oxygens (including phenoxy) is 1. The first-order chi connectivity index (χ1) is 18.3. The number of piperidine rings is 1. The molecule has 9 nitrogen and oxygen atoms in total. The van der Waals surface area contributed by atoms with Crippen LogP contribution in [0.5, 0.6) is 5.75 Å². The van der Waals surface area contributed by atoms with E-state index in [0.717, 1.165) is 81.9 Å². The van der Waals surface area contributed by atoms with E-state index < -0.39 is 0 Å². The van der Waals surface area contributed by atoms with Crippen LogP contribution in [0, 0.1) is 0 Å². The van der Waals surface area contributed by atoms with Gasteiger partial charge in [-0.3, -0.25) is 15.1 Å². The van der Waals surface area contributed by atoms with Gasteiger partial charge in [-0.2, -0.15) is 5.10 Å². The first-order valence-electron chi connectivity index (χ1n) is 12.4. The summed E-state index contributed by atoms with van der Waals surface area (Å²) >= 11 is 0. The van der Waals surface area contributed by atoms with Crippen LogP contribution in [0.4, 0.5) is 0 Å². The molecule has 0 unspecified atom stereocenters. The molecule has 0 spiro atoms. The highest BCUT2D eigenvalue weighted by molar-refractivity contribution is 5.99. The summed E-state index contributed by atoms with van der Waals surface area (Å²) in [5.74, 6) is 0.778. The van der Waals surface area contributed by atoms with Crippen LogP contribution in [0.25, 0.3) is 55.8 Å². The molecule has 0 aliphatic carbocycles. The Morgan fingerprint density at radius 1 is 0.811 bits per heavy atom. The van der Waals surface area contributed by atoms with Crippen molar-refractivity contribution in [2.75, 3.05) is 13.1 Å². The summed E-state index contributed by atoms with van der Waals surface area (Å²) in [4.78, 5) is 21.5. The van der Waals surface area contributed by atoms with Crippen molar-refractivity contribution in [3.8, 4) is 39.5 Å². The fourth-order valence-corrected chi connectivity index (χ4v) is 4.91. The molecule has 6 aromatic heterocycles. The molecule has 1 fully saturated rings. The van der Waals surface area contributed by atoms with E-state index in [1.165, 1.54) is 0 Å².